The highest BCUT2D eigenvalue weighted by molar-refractivity contribution is 7.98. The maximum atomic E-state index is 5.66. The Bertz CT molecular complexity index is 334. The van der Waals surface area contributed by atoms with Gasteiger partial charge in [0, 0.05) is 15.5 Å². The van der Waals surface area contributed by atoms with Crippen molar-refractivity contribution in [2.75, 3.05) is 5.75 Å². The monoisotopic (exact) mass is 240 g/mol. The fraction of sp³-hybridized carbons (Fsp3) is 0.636. The number of fused-ring (bicyclic) bond motifs is 1. The molecular formula is C11H16N2S2. The van der Waals surface area contributed by atoms with Crippen LogP contribution in [0.2, 0.25) is 0 Å². The third kappa shape index (κ3) is 1.96. The van der Waals surface area contributed by atoms with Crippen LogP contribution in [0, 0.1) is 5.92 Å². The van der Waals surface area contributed by atoms with Gasteiger partial charge in [-0.2, -0.15) is 11.8 Å². The number of thioether (sulfide) groups is 1. The van der Waals surface area contributed by atoms with E-state index in [2.05, 4.69) is 11.5 Å². The van der Waals surface area contributed by atoms with Crippen molar-refractivity contribution in [2.24, 2.45) is 11.8 Å². The lowest BCUT2D eigenvalue weighted by Crippen LogP contribution is -2.28. The molecule has 0 amide bonds. The summed E-state index contributed by atoms with van der Waals surface area (Å²) in [6.45, 7) is 0. The maximum absolute atomic E-state index is 5.66. The molecule has 4 heteroatoms. The summed E-state index contributed by atoms with van der Waals surface area (Å²) in [5.74, 6) is 8.94. The fourth-order valence-electron chi connectivity index (χ4n) is 2.20. The van der Waals surface area contributed by atoms with Gasteiger partial charge < -0.3 is 0 Å². The average molecular weight is 240 g/mol. The van der Waals surface area contributed by atoms with Crippen LogP contribution in [-0.4, -0.2) is 5.75 Å². The number of nitrogens with one attached hydrogen (secondary N) is 1. The van der Waals surface area contributed by atoms with Crippen molar-refractivity contribution in [2.45, 2.75) is 31.1 Å². The molecule has 3 rings (SSSR count). The van der Waals surface area contributed by atoms with Gasteiger partial charge >= 0.3 is 0 Å². The summed E-state index contributed by atoms with van der Waals surface area (Å²) in [6, 6.07) is 2.81. The third-order valence-corrected chi connectivity index (χ3v) is 5.55. The SMILES string of the molecule is NNC(c1cc2c(s1)CCSC2)C1CC1. The van der Waals surface area contributed by atoms with E-state index in [1.807, 2.05) is 23.1 Å². The molecule has 1 atom stereocenters. The van der Waals surface area contributed by atoms with Crippen LogP contribution >= 0.6 is 23.1 Å². The van der Waals surface area contributed by atoms with Gasteiger partial charge in [0.2, 0.25) is 0 Å². The minimum absolute atomic E-state index is 0.422. The van der Waals surface area contributed by atoms with Gasteiger partial charge in [-0.3, -0.25) is 11.3 Å². The first-order valence-corrected chi connectivity index (χ1v) is 7.51. The second-order valence-electron chi connectivity index (χ2n) is 4.38. The predicted molar refractivity (Wildman–Crippen MR) is 67.0 cm³/mol. The van der Waals surface area contributed by atoms with E-state index in [1.54, 1.807) is 10.4 Å². The number of rotatable bonds is 3. The van der Waals surface area contributed by atoms with Crippen LogP contribution in [0.3, 0.4) is 0 Å². The number of aryl methyl sites for hydroxylation is 1. The molecule has 2 heterocycles. The topological polar surface area (TPSA) is 38.0 Å². The summed E-state index contributed by atoms with van der Waals surface area (Å²) < 4.78 is 0. The van der Waals surface area contributed by atoms with E-state index in [-0.39, 0.29) is 0 Å². The first-order valence-electron chi connectivity index (χ1n) is 5.54. The van der Waals surface area contributed by atoms with Crippen molar-refractivity contribution in [1.29, 1.82) is 0 Å². The Labute approximate surface area is 98.6 Å². The van der Waals surface area contributed by atoms with Gasteiger partial charge in [-0.15, -0.1) is 11.3 Å². The lowest BCUT2D eigenvalue weighted by atomic mass is 10.1. The van der Waals surface area contributed by atoms with Gasteiger partial charge in [0.15, 0.2) is 0 Å². The summed E-state index contributed by atoms with van der Waals surface area (Å²) in [7, 11) is 0. The molecule has 1 saturated carbocycles. The van der Waals surface area contributed by atoms with Gasteiger partial charge in [-0.05, 0) is 42.6 Å². The zero-order valence-electron chi connectivity index (χ0n) is 8.66. The molecule has 15 heavy (non-hydrogen) atoms. The highest BCUT2D eigenvalue weighted by Crippen LogP contribution is 2.44. The summed E-state index contributed by atoms with van der Waals surface area (Å²) in [5, 5.41) is 0. The van der Waals surface area contributed by atoms with Crippen molar-refractivity contribution in [1.82, 2.24) is 5.43 Å². The molecule has 2 aliphatic rings. The summed E-state index contributed by atoms with van der Waals surface area (Å²) in [6.07, 6.45) is 3.94. The third-order valence-electron chi connectivity index (χ3n) is 3.23. The van der Waals surface area contributed by atoms with Crippen LogP contribution in [0.15, 0.2) is 6.07 Å². The Balaban J connectivity index is 1.87. The van der Waals surface area contributed by atoms with Gasteiger partial charge in [-0.1, -0.05) is 0 Å². The van der Waals surface area contributed by atoms with Crippen LogP contribution in [0.1, 0.15) is 34.2 Å². The van der Waals surface area contributed by atoms with Crippen LogP contribution in [0.4, 0.5) is 0 Å². The van der Waals surface area contributed by atoms with Crippen LogP contribution in [-0.2, 0) is 12.2 Å². The molecule has 0 radical (unpaired) electrons. The summed E-state index contributed by atoms with van der Waals surface area (Å²) >= 11 is 4.03. The van der Waals surface area contributed by atoms with Crippen LogP contribution in [0.25, 0.3) is 0 Å². The number of hydrogen-bond acceptors (Lipinski definition) is 4. The summed E-state index contributed by atoms with van der Waals surface area (Å²) in [5.41, 5.74) is 4.56. The maximum Gasteiger partial charge on any atom is 0.0581 e. The standard InChI is InChI=1S/C11H16N2S2/c12-13-11(7-1-2-7)10-5-8-6-14-4-3-9(8)15-10/h5,7,11,13H,1-4,6,12H2. The molecule has 3 N–H and O–H groups in total. The first kappa shape index (κ1) is 10.1. The highest BCUT2D eigenvalue weighted by atomic mass is 32.2. The molecule has 2 nitrogen and oxygen atoms in total. The van der Waals surface area contributed by atoms with E-state index in [0.717, 1.165) is 5.92 Å². The van der Waals surface area contributed by atoms with Gasteiger partial charge in [0.05, 0.1) is 6.04 Å². The van der Waals surface area contributed by atoms with E-state index in [9.17, 15) is 0 Å². The minimum atomic E-state index is 0.422. The van der Waals surface area contributed by atoms with Crippen molar-refractivity contribution in [3.8, 4) is 0 Å². The predicted octanol–water partition coefficient (Wildman–Crippen LogP) is 2.45. The molecule has 1 fully saturated rings. The Hall–Kier alpha value is -0.0300. The van der Waals surface area contributed by atoms with E-state index in [0.29, 0.717) is 6.04 Å². The van der Waals surface area contributed by atoms with Crippen LogP contribution < -0.4 is 11.3 Å². The van der Waals surface area contributed by atoms with Gasteiger partial charge in [0.25, 0.3) is 0 Å². The molecular weight excluding hydrogens is 224 g/mol. The highest BCUT2D eigenvalue weighted by Gasteiger charge is 2.33. The Kier molecular flexibility index (Phi) is 2.77. The van der Waals surface area contributed by atoms with E-state index in [1.165, 1.54) is 35.6 Å². The average Bonchev–Trinajstić information content (AvgIpc) is 2.99. The Morgan fingerprint density at radius 2 is 2.33 bits per heavy atom. The molecule has 1 unspecified atom stereocenters. The van der Waals surface area contributed by atoms with Gasteiger partial charge in [0.1, 0.15) is 0 Å². The van der Waals surface area contributed by atoms with Gasteiger partial charge in [-0.25, -0.2) is 0 Å². The normalized spacial score (nSPS) is 22.5. The minimum Gasteiger partial charge on any atom is -0.271 e. The van der Waals surface area contributed by atoms with E-state index in [4.69, 9.17) is 5.84 Å². The molecule has 1 aliphatic heterocycles. The molecule has 0 bridgehead atoms. The largest absolute Gasteiger partial charge is 0.271 e. The molecule has 82 valence electrons. The van der Waals surface area contributed by atoms with Crippen molar-refractivity contribution < 1.29 is 0 Å². The number of thiophene rings is 1. The fourth-order valence-corrected chi connectivity index (χ4v) is 4.73. The number of hydrazine groups is 1. The number of hydrogen-bond donors (Lipinski definition) is 2. The van der Waals surface area contributed by atoms with E-state index >= 15 is 0 Å². The zero-order chi connectivity index (χ0) is 10.3. The van der Waals surface area contributed by atoms with E-state index < -0.39 is 0 Å². The molecule has 0 aromatic carbocycles. The van der Waals surface area contributed by atoms with Crippen LogP contribution in [0.5, 0.6) is 0 Å². The Morgan fingerprint density at radius 1 is 1.47 bits per heavy atom. The lowest BCUT2D eigenvalue weighted by Gasteiger charge is -2.12. The molecule has 0 saturated heterocycles. The van der Waals surface area contributed by atoms with Crippen molar-refractivity contribution >= 4 is 23.1 Å². The molecule has 1 aromatic rings. The van der Waals surface area contributed by atoms with Crippen molar-refractivity contribution in [3.05, 3.63) is 21.4 Å². The smallest absolute Gasteiger partial charge is 0.0581 e. The number of nitrogens with two attached hydrogens (primary N) is 1. The Morgan fingerprint density at radius 3 is 3.00 bits per heavy atom. The quantitative estimate of drug-likeness (QED) is 0.629. The zero-order valence-corrected chi connectivity index (χ0v) is 10.3. The molecule has 1 aromatic heterocycles. The second kappa shape index (κ2) is 4.09. The van der Waals surface area contributed by atoms with Crippen molar-refractivity contribution in [3.63, 3.8) is 0 Å². The lowest BCUT2D eigenvalue weighted by molar-refractivity contribution is 0.504. The second-order valence-corrected chi connectivity index (χ2v) is 6.66. The molecule has 0 spiro atoms. The molecule has 1 aliphatic carbocycles. The first-order chi connectivity index (χ1) is 7.38. The summed E-state index contributed by atoms with van der Waals surface area (Å²) in [4.78, 5) is 3.07.